The quantitative estimate of drug-likeness (QED) is 0.809. The summed E-state index contributed by atoms with van der Waals surface area (Å²) in [5.41, 5.74) is 7.48. The first kappa shape index (κ1) is 21.5. The van der Waals surface area contributed by atoms with Crippen LogP contribution >= 0.6 is 0 Å². The predicted octanol–water partition coefficient (Wildman–Crippen LogP) is 2.62. The van der Waals surface area contributed by atoms with Crippen molar-refractivity contribution >= 4 is 11.8 Å². The van der Waals surface area contributed by atoms with E-state index >= 15 is 0 Å². The summed E-state index contributed by atoms with van der Waals surface area (Å²) in [6, 6.07) is 5.36. The van der Waals surface area contributed by atoms with Crippen LogP contribution in [0, 0.1) is 20.8 Å². The highest BCUT2D eigenvalue weighted by Crippen LogP contribution is 2.30. The molecule has 8 heteroatoms. The Bertz CT molecular complexity index is 941. The van der Waals surface area contributed by atoms with E-state index in [2.05, 4.69) is 29.6 Å². The Morgan fingerprint density at radius 2 is 1.74 bits per heavy atom. The van der Waals surface area contributed by atoms with Crippen LogP contribution in [0.25, 0.3) is 11.3 Å². The van der Waals surface area contributed by atoms with Gasteiger partial charge in [-0.3, -0.25) is 15.0 Å². The molecular weight excluding hydrogens is 396 g/mol. The third-order valence-electron chi connectivity index (χ3n) is 6.00. The molecule has 8 nitrogen and oxygen atoms in total. The number of carbonyl (C=O) groups excluding carboxylic acids is 2. The standard InChI is InChI=1S/C23H30N4O4/c1-15-12-16(2)21(17(3)13-15)20-14-18(25-31-20)23(29)27-7-5-4-6-19(27)22(28)24-26-8-10-30-11-9-26/h12-14,19H,4-11H2,1-3H3,(H,24,28). The Kier molecular flexibility index (Phi) is 6.38. The van der Waals surface area contributed by atoms with E-state index in [0.717, 1.165) is 29.5 Å². The van der Waals surface area contributed by atoms with Crippen molar-refractivity contribution in [2.75, 3.05) is 32.8 Å². The minimum Gasteiger partial charge on any atom is -0.379 e. The van der Waals surface area contributed by atoms with Gasteiger partial charge in [-0.2, -0.15) is 0 Å². The van der Waals surface area contributed by atoms with Gasteiger partial charge in [-0.25, -0.2) is 5.01 Å². The Hall–Kier alpha value is -2.71. The average molecular weight is 427 g/mol. The molecule has 2 saturated heterocycles. The minimum atomic E-state index is -0.507. The van der Waals surface area contributed by atoms with Crippen molar-refractivity contribution in [2.24, 2.45) is 0 Å². The Morgan fingerprint density at radius 3 is 2.45 bits per heavy atom. The van der Waals surface area contributed by atoms with Crippen molar-refractivity contribution < 1.29 is 18.8 Å². The highest BCUT2D eigenvalue weighted by molar-refractivity contribution is 5.97. The lowest BCUT2D eigenvalue weighted by Crippen LogP contribution is -2.57. The van der Waals surface area contributed by atoms with Crippen molar-refractivity contribution in [1.82, 2.24) is 20.5 Å². The molecule has 0 bridgehead atoms. The number of nitrogens with one attached hydrogen (secondary N) is 1. The first-order valence-electron chi connectivity index (χ1n) is 10.9. The van der Waals surface area contributed by atoms with Crippen LogP contribution in [0.4, 0.5) is 0 Å². The van der Waals surface area contributed by atoms with Crippen LogP contribution in [0.2, 0.25) is 0 Å². The number of piperidine rings is 1. The smallest absolute Gasteiger partial charge is 0.276 e. The van der Waals surface area contributed by atoms with Crippen molar-refractivity contribution in [3.05, 3.63) is 40.6 Å². The highest BCUT2D eigenvalue weighted by atomic mass is 16.5. The number of rotatable bonds is 4. The van der Waals surface area contributed by atoms with Gasteiger partial charge in [0.2, 0.25) is 0 Å². The maximum Gasteiger partial charge on any atom is 0.276 e. The minimum absolute atomic E-state index is 0.149. The molecule has 2 amide bonds. The Morgan fingerprint density at radius 1 is 1.03 bits per heavy atom. The molecule has 1 aromatic carbocycles. The Balaban J connectivity index is 1.52. The van der Waals surface area contributed by atoms with Crippen LogP contribution in [-0.4, -0.2) is 65.8 Å². The lowest BCUT2D eigenvalue weighted by molar-refractivity contribution is -0.133. The molecular formula is C23H30N4O4. The molecule has 1 unspecified atom stereocenters. The number of likely N-dealkylation sites (tertiary alicyclic amines) is 1. The van der Waals surface area contributed by atoms with Crippen molar-refractivity contribution in [2.45, 2.75) is 46.1 Å². The Labute approximate surface area is 182 Å². The van der Waals surface area contributed by atoms with E-state index in [1.165, 1.54) is 5.56 Å². The van der Waals surface area contributed by atoms with Gasteiger partial charge in [0.05, 0.1) is 13.2 Å². The molecule has 1 N–H and O–H groups in total. The summed E-state index contributed by atoms with van der Waals surface area (Å²) in [6.07, 6.45) is 2.42. The number of hydrazine groups is 1. The molecule has 0 aliphatic carbocycles. The van der Waals surface area contributed by atoms with Gasteiger partial charge in [0.25, 0.3) is 11.8 Å². The number of morpholine rings is 1. The zero-order valence-electron chi connectivity index (χ0n) is 18.4. The fourth-order valence-electron chi connectivity index (χ4n) is 4.56. The van der Waals surface area contributed by atoms with Crippen molar-refractivity contribution in [3.8, 4) is 11.3 Å². The monoisotopic (exact) mass is 426 g/mol. The number of amides is 2. The number of nitrogens with zero attached hydrogens (tertiary/aromatic N) is 3. The largest absolute Gasteiger partial charge is 0.379 e. The number of ether oxygens (including phenoxy) is 1. The van der Waals surface area contributed by atoms with Gasteiger partial charge in [-0.15, -0.1) is 0 Å². The van der Waals surface area contributed by atoms with Crippen molar-refractivity contribution in [3.63, 3.8) is 0 Å². The van der Waals surface area contributed by atoms with E-state index < -0.39 is 6.04 Å². The molecule has 166 valence electrons. The molecule has 0 radical (unpaired) electrons. The van der Waals surface area contributed by atoms with Crippen LogP contribution in [-0.2, 0) is 9.53 Å². The zero-order valence-corrected chi connectivity index (χ0v) is 18.4. The van der Waals surface area contributed by atoms with E-state index in [9.17, 15) is 9.59 Å². The molecule has 1 atom stereocenters. The van der Waals surface area contributed by atoms with E-state index in [0.29, 0.717) is 45.0 Å². The first-order valence-corrected chi connectivity index (χ1v) is 10.9. The summed E-state index contributed by atoms with van der Waals surface area (Å²) < 4.78 is 10.9. The van der Waals surface area contributed by atoms with E-state index in [-0.39, 0.29) is 17.5 Å². The van der Waals surface area contributed by atoms with Gasteiger partial charge in [0.15, 0.2) is 11.5 Å². The molecule has 31 heavy (non-hydrogen) atoms. The fourth-order valence-corrected chi connectivity index (χ4v) is 4.56. The fraction of sp³-hybridized carbons (Fsp3) is 0.522. The number of hydrogen-bond donors (Lipinski definition) is 1. The number of carbonyl (C=O) groups is 2. The predicted molar refractivity (Wildman–Crippen MR) is 115 cm³/mol. The summed E-state index contributed by atoms with van der Waals surface area (Å²) in [5, 5.41) is 5.92. The molecule has 0 saturated carbocycles. The maximum absolute atomic E-state index is 13.3. The van der Waals surface area contributed by atoms with Crippen LogP contribution < -0.4 is 5.43 Å². The SMILES string of the molecule is Cc1cc(C)c(-c2cc(C(=O)N3CCCCC3C(=O)NN3CCOCC3)no2)c(C)c1. The normalized spacial score (nSPS) is 20.0. The maximum atomic E-state index is 13.3. The lowest BCUT2D eigenvalue weighted by atomic mass is 9.97. The van der Waals surface area contributed by atoms with E-state index in [4.69, 9.17) is 9.26 Å². The molecule has 2 aromatic rings. The number of hydrogen-bond acceptors (Lipinski definition) is 6. The average Bonchev–Trinajstić information content (AvgIpc) is 3.23. The number of benzene rings is 1. The first-order chi connectivity index (χ1) is 14.9. The van der Waals surface area contributed by atoms with Gasteiger partial charge in [0, 0.05) is 31.3 Å². The molecule has 3 heterocycles. The molecule has 2 aliphatic rings. The van der Waals surface area contributed by atoms with Crippen LogP contribution in [0.5, 0.6) is 0 Å². The van der Waals surface area contributed by atoms with Gasteiger partial charge in [0.1, 0.15) is 6.04 Å². The van der Waals surface area contributed by atoms with Crippen LogP contribution in [0.15, 0.2) is 22.7 Å². The number of aryl methyl sites for hydroxylation is 3. The topological polar surface area (TPSA) is 87.9 Å². The van der Waals surface area contributed by atoms with Crippen LogP contribution in [0.1, 0.15) is 46.4 Å². The molecule has 4 rings (SSSR count). The summed E-state index contributed by atoms with van der Waals surface area (Å²) in [7, 11) is 0. The summed E-state index contributed by atoms with van der Waals surface area (Å²) in [5.74, 6) is 0.160. The second-order valence-corrected chi connectivity index (χ2v) is 8.44. The third kappa shape index (κ3) is 4.65. The van der Waals surface area contributed by atoms with Gasteiger partial charge < -0.3 is 14.2 Å². The highest BCUT2D eigenvalue weighted by Gasteiger charge is 2.35. The molecule has 2 fully saturated rings. The van der Waals surface area contributed by atoms with Gasteiger partial charge in [-0.1, -0.05) is 22.9 Å². The van der Waals surface area contributed by atoms with E-state index in [1.54, 1.807) is 11.0 Å². The second-order valence-electron chi connectivity index (χ2n) is 8.44. The van der Waals surface area contributed by atoms with Gasteiger partial charge in [-0.05, 0) is 51.2 Å². The van der Waals surface area contributed by atoms with Gasteiger partial charge >= 0.3 is 0 Å². The summed E-state index contributed by atoms with van der Waals surface area (Å²) >= 11 is 0. The molecule has 1 aromatic heterocycles. The second kappa shape index (κ2) is 9.20. The number of aromatic nitrogens is 1. The molecule has 0 spiro atoms. The summed E-state index contributed by atoms with van der Waals surface area (Å²) in [4.78, 5) is 27.8. The summed E-state index contributed by atoms with van der Waals surface area (Å²) in [6.45, 7) is 9.11. The molecule has 2 aliphatic heterocycles. The van der Waals surface area contributed by atoms with E-state index in [1.807, 2.05) is 18.9 Å². The van der Waals surface area contributed by atoms with Crippen molar-refractivity contribution in [1.29, 1.82) is 0 Å². The zero-order chi connectivity index (χ0) is 22.0. The lowest BCUT2D eigenvalue weighted by Gasteiger charge is -2.36. The van der Waals surface area contributed by atoms with Crippen LogP contribution in [0.3, 0.4) is 0 Å². The third-order valence-corrected chi connectivity index (χ3v) is 6.00.